The molecule has 0 bridgehead atoms. The molecule has 5 heteroatoms. The first-order chi connectivity index (χ1) is 7.11. The molecular formula is C10H12ClNO3. The summed E-state index contributed by atoms with van der Waals surface area (Å²) in [5.41, 5.74) is 0. The topological polar surface area (TPSA) is 67.2 Å². The Hall–Kier alpha value is -1.34. The van der Waals surface area contributed by atoms with E-state index in [-0.39, 0.29) is 11.6 Å². The van der Waals surface area contributed by atoms with Crippen LogP contribution in [-0.4, -0.2) is 18.4 Å². The maximum absolute atomic E-state index is 11.1. The number of esters is 1. The number of hydrogen-bond donors (Lipinski definition) is 0. The minimum absolute atomic E-state index is 0.157. The maximum Gasteiger partial charge on any atom is 0.379 e. The first-order valence-electron chi connectivity index (χ1n) is 4.56. The third-order valence-corrected chi connectivity index (χ3v) is 1.77. The van der Waals surface area contributed by atoms with E-state index in [0.717, 1.165) is 6.08 Å². The number of nitriles is 1. The van der Waals surface area contributed by atoms with E-state index in [2.05, 4.69) is 4.74 Å². The van der Waals surface area contributed by atoms with Crippen LogP contribution in [0.2, 0.25) is 0 Å². The van der Waals surface area contributed by atoms with Crippen LogP contribution in [-0.2, 0) is 14.3 Å². The van der Waals surface area contributed by atoms with Crippen molar-refractivity contribution in [3.8, 4) is 6.07 Å². The minimum atomic E-state index is -0.907. The van der Waals surface area contributed by atoms with Crippen LogP contribution in [0.25, 0.3) is 0 Å². The molecule has 82 valence electrons. The van der Waals surface area contributed by atoms with E-state index in [1.165, 1.54) is 0 Å². The van der Waals surface area contributed by atoms with Crippen molar-refractivity contribution in [2.45, 2.75) is 26.2 Å². The summed E-state index contributed by atoms with van der Waals surface area (Å²) in [6.45, 7) is 1.77. The van der Waals surface area contributed by atoms with Gasteiger partial charge in [0.15, 0.2) is 0 Å². The second-order valence-corrected chi connectivity index (χ2v) is 3.17. The third-order valence-electron chi connectivity index (χ3n) is 1.47. The fraction of sp³-hybridized carbons (Fsp3) is 0.500. The molecule has 0 aliphatic heterocycles. The molecule has 0 aromatic carbocycles. The monoisotopic (exact) mass is 229 g/mol. The number of ether oxygens (including phenoxy) is 1. The fourth-order valence-corrected chi connectivity index (χ4v) is 1.04. The molecule has 0 amide bonds. The number of unbranched alkanes of at least 4 members (excludes halogenated alkanes) is 1. The summed E-state index contributed by atoms with van der Waals surface area (Å²) in [7, 11) is 0. The molecule has 4 nitrogen and oxygen atoms in total. The average molecular weight is 230 g/mol. The number of halogens is 1. The molecule has 0 aliphatic carbocycles. The van der Waals surface area contributed by atoms with Crippen molar-refractivity contribution in [1.82, 2.24) is 0 Å². The van der Waals surface area contributed by atoms with Gasteiger partial charge in [-0.15, -0.1) is 0 Å². The lowest BCUT2D eigenvalue weighted by molar-refractivity contribution is -0.151. The first kappa shape index (κ1) is 13.7. The molecule has 0 heterocycles. The van der Waals surface area contributed by atoms with E-state index in [0.29, 0.717) is 19.3 Å². The molecule has 0 saturated heterocycles. The quantitative estimate of drug-likeness (QED) is 0.302. The lowest BCUT2D eigenvalue weighted by Crippen LogP contribution is -2.14. The van der Waals surface area contributed by atoms with Gasteiger partial charge in [-0.05, 0) is 19.8 Å². The van der Waals surface area contributed by atoms with Gasteiger partial charge in [-0.2, -0.15) is 5.26 Å². The predicted octanol–water partition coefficient (Wildman–Crippen LogP) is 1.94. The first-order valence-corrected chi connectivity index (χ1v) is 4.93. The lowest BCUT2D eigenvalue weighted by atomic mass is 10.2. The van der Waals surface area contributed by atoms with E-state index < -0.39 is 11.8 Å². The molecule has 0 spiro atoms. The third kappa shape index (κ3) is 6.69. The number of ketones is 1. The second kappa shape index (κ2) is 8.01. The number of carbonyl (C=O) groups is 2. The molecule has 0 atom stereocenters. The Balaban J connectivity index is 4.06. The smallest absolute Gasteiger partial charge is 0.379 e. The number of hydrogen-bond acceptors (Lipinski definition) is 4. The van der Waals surface area contributed by atoms with Crippen molar-refractivity contribution in [3.05, 3.63) is 11.1 Å². The van der Waals surface area contributed by atoms with Crippen LogP contribution in [0.15, 0.2) is 11.1 Å². The largest absolute Gasteiger partial charge is 0.460 e. The number of carbonyl (C=O) groups excluding carboxylic acids is 2. The highest BCUT2D eigenvalue weighted by molar-refractivity contribution is 6.41. The van der Waals surface area contributed by atoms with Crippen LogP contribution >= 0.6 is 11.6 Å². The Morgan fingerprint density at radius 2 is 2.20 bits per heavy atom. The Morgan fingerprint density at radius 3 is 2.73 bits per heavy atom. The van der Waals surface area contributed by atoms with Gasteiger partial charge in [-0.25, -0.2) is 4.79 Å². The Labute approximate surface area is 93.5 Å². The van der Waals surface area contributed by atoms with Crippen LogP contribution in [0.1, 0.15) is 26.2 Å². The molecule has 0 aromatic heterocycles. The number of allylic oxidation sites excluding steroid dienone is 1. The molecule has 0 fully saturated rings. The Kier molecular flexibility index (Phi) is 7.29. The summed E-state index contributed by atoms with van der Waals surface area (Å²) in [4.78, 5) is 22.0. The van der Waals surface area contributed by atoms with Crippen molar-refractivity contribution in [3.63, 3.8) is 0 Å². The van der Waals surface area contributed by atoms with E-state index in [9.17, 15) is 9.59 Å². The van der Waals surface area contributed by atoms with Gasteiger partial charge in [0.25, 0.3) is 5.78 Å². The van der Waals surface area contributed by atoms with Crippen LogP contribution in [0.4, 0.5) is 0 Å². The normalized spacial score (nSPS) is 10.6. The van der Waals surface area contributed by atoms with E-state index in [4.69, 9.17) is 16.9 Å². The molecule has 15 heavy (non-hydrogen) atoms. The molecule has 0 rings (SSSR count). The van der Waals surface area contributed by atoms with Crippen LogP contribution < -0.4 is 0 Å². The Bertz CT molecular complexity index is 304. The molecule has 0 saturated carbocycles. The average Bonchev–Trinajstić information content (AvgIpc) is 2.18. The highest BCUT2D eigenvalue weighted by Gasteiger charge is 2.12. The van der Waals surface area contributed by atoms with Crippen molar-refractivity contribution in [2.75, 3.05) is 6.61 Å². The second-order valence-electron chi connectivity index (χ2n) is 2.69. The highest BCUT2D eigenvalue weighted by Crippen LogP contribution is 2.11. The zero-order valence-electron chi connectivity index (χ0n) is 8.46. The van der Waals surface area contributed by atoms with Crippen molar-refractivity contribution in [1.29, 1.82) is 5.26 Å². The fourth-order valence-electron chi connectivity index (χ4n) is 0.812. The highest BCUT2D eigenvalue weighted by atomic mass is 35.5. The van der Waals surface area contributed by atoms with Gasteiger partial charge in [-0.3, -0.25) is 4.79 Å². The molecule has 0 radical (unpaired) electrons. The summed E-state index contributed by atoms with van der Waals surface area (Å²) in [6.07, 6.45) is 2.40. The van der Waals surface area contributed by atoms with Crippen LogP contribution in [0.5, 0.6) is 0 Å². The zero-order chi connectivity index (χ0) is 11.7. The standard InChI is InChI=1S/C10H12ClNO3/c1-2-15-10(14)9(13)7-8(11)5-3-4-6-12/h7H,2-5H2,1H3/b8-7-. The van der Waals surface area contributed by atoms with Crippen molar-refractivity contribution in [2.24, 2.45) is 0 Å². The summed E-state index contributed by atoms with van der Waals surface area (Å²) in [5, 5.41) is 8.53. The van der Waals surface area contributed by atoms with E-state index in [1.807, 2.05) is 6.07 Å². The molecular weight excluding hydrogens is 218 g/mol. The van der Waals surface area contributed by atoms with Gasteiger partial charge >= 0.3 is 5.97 Å². The number of nitrogens with zero attached hydrogens (tertiary/aromatic N) is 1. The summed E-state index contributed by atoms with van der Waals surface area (Å²) in [5.74, 6) is -1.67. The zero-order valence-corrected chi connectivity index (χ0v) is 9.21. The van der Waals surface area contributed by atoms with Crippen LogP contribution in [0.3, 0.4) is 0 Å². The maximum atomic E-state index is 11.1. The molecule has 0 unspecified atom stereocenters. The van der Waals surface area contributed by atoms with Gasteiger partial charge < -0.3 is 4.74 Å². The summed E-state index contributed by atoms with van der Waals surface area (Å²) < 4.78 is 4.49. The molecule has 0 N–H and O–H groups in total. The Morgan fingerprint density at radius 1 is 1.53 bits per heavy atom. The summed E-state index contributed by atoms with van der Waals surface area (Å²) in [6, 6.07) is 1.96. The van der Waals surface area contributed by atoms with Crippen molar-refractivity contribution < 1.29 is 14.3 Å². The lowest BCUT2D eigenvalue weighted by Gasteiger charge is -1.98. The van der Waals surface area contributed by atoms with E-state index in [1.54, 1.807) is 6.92 Å². The predicted molar refractivity (Wildman–Crippen MR) is 55.0 cm³/mol. The van der Waals surface area contributed by atoms with Gasteiger partial charge in [0.2, 0.25) is 0 Å². The van der Waals surface area contributed by atoms with Gasteiger partial charge in [0.1, 0.15) is 0 Å². The SMILES string of the molecule is CCOC(=O)C(=O)/C=C(\Cl)CCCC#N. The van der Waals surface area contributed by atoms with Gasteiger partial charge in [-0.1, -0.05) is 11.6 Å². The van der Waals surface area contributed by atoms with Gasteiger partial charge in [0.05, 0.1) is 12.7 Å². The van der Waals surface area contributed by atoms with Gasteiger partial charge in [0, 0.05) is 17.5 Å². The molecule has 0 aliphatic rings. The van der Waals surface area contributed by atoms with Crippen LogP contribution in [0, 0.1) is 11.3 Å². The van der Waals surface area contributed by atoms with Crippen molar-refractivity contribution >= 4 is 23.4 Å². The molecule has 0 aromatic rings. The number of rotatable bonds is 6. The van der Waals surface area contributed by atoms with E-state index >= 15 is 0 Å². The minimum Gasteiger partial charge on any atom is -0.460 e. The summed E-state index contributed by atoms with van der Waals surface area (Å²) >= 11 is 5.68.